The number of phosphoric acid groups is 1. The first kappa shape index (κ1) is 19.8. The van der Waals surface area contributed by atoms with Gasteiger partial charge in [0.2, 0.25) is 0 Å². The van der Waals surface area contributed by atoms with Crippen molar-refractivity contribution >= 4 is 17.9 Å². The summed E-state index contributed by atoms with van der Waals surface area (Å²) in [7, 11) is -9.73. The summed E-state index contributed by atoms with van der Waals surface area (Å²) in [6.45, 7) is 0. The summed E-state index contributed by atoms with van der Waals surface area (Å²) in [6, 6.07) is 18.6. The molecule has 0 spiro atoms. The van der Waals surface area contributed by atoms with Crippen molar-refractivity contribution in [3.05, 3.63) is 78.9 Å². The van der Waals surface area contributed by atoms with Crippen LogP contribution in [0, 0.1) is 0 Å². The normalized spacial score (nSPS) is 11.7. The Bertz CT molecular complexity index is 1040. The van der Waals surface area contributed by atoms with Crippen LogP contribution in [0.1, 0.15) is 0 Å². The Kier molecular flexibility index (Phi) is 5.60. The fourth-order valence-electron chi connectivity index (χ4n) is 2.20. The Morgan fingerprint density at radius 2 is 1.11 bits per heavy atom. The minimum absolute atomic E-state index is 0.0264. The summed E-state index contributed by atoms with van der Waals surface area (Å²) in [5.41, 5.74) is 0. The zero-order valence-corrected chi connectivity index (χ0v) is 15.9. The van der Waals surface area contributed by atoms with E-state index in [-0.39, 0.29) is 11.5 Å². The van der Waals surface area contributed by atoms with Crippen LogP contribution in [0.4, 0.5) is 0 Å². The lowest BCUT2D eigenvalue weighted by molar-refractivity contribution is 0.298. The van der Waals surface area contributed by atoms with Gasteiger partial charge in [0.25, 0.3) is 0 Å². The summed E-state index contributed by atoms with van der Waals surface area (Å²) in [4.78, 5) is -0.955. The van der Waals surface area contributed by atoms with E-state index < -0.39 is 34.3 Å². The lowest BCUT2D eigenvalue weighted by Crippen LogP contribution is -2.12. The molecule has 0 unspecified atom stereocenters. The number of aromatic hydroxyl groups is 2. The van der Waals surface area contributed by atoms with Crippen molar-refractivity contribution in [1.82, 2.24) is 0 Å². The van der Waals surface area contributed by atoms with Gasteiger partial charge < -0.3 is 19.3 Å². The average Bonchev–Trinajstić information content (AvgIpc) is 2.62. The fourth-order valence-corrected chi connectivity index (χ4v) is 5.15. The third kappa shape index (κ3) is 4.64. The first-order chi connectivity index (χ1) is 13.3. The average molecular weight is 422 g/mol. The van der Waals surface area contributed by atoms with Crippen molar-refractivity contribution in [1.29, 1.82) is 0 Å². The number of rotatable bonds is 7. The van der Waals surface area contributed by atoms with Crippen LogP contribution in [-0.2, 0) is 18.7 Å². The zero-order chi connectivity index (χ0) is 20.2. The van der Waals surface area contributed by atoms with Gasteiger partial charge in [0.1, 0.15) is 23.0 Å². The molecule has 3 aromatic rings. The number of hydrogen-bond donors (Lipinski definition) is 2. The van der Waals surface area contributed by atoms with E-state index in [4.69, 9.17) is 13.0 Å². The summed E-state index contributed by atoms with van der Waals surface area (Å²) < 4.78 is 53.5. The van der Waals surface area contributed by atoms with Crippen molar-refractivity contribution in [2.75, 3.05) is 0 Å². The van der Waals surface area contributed by atoms with E-state index in [0.717, 1.165) is 12.1 Å². The van der Waals surface area contributed by atoms with Crippen LogP contribution >= 0.6 is 7.82 Å². The molecule has 0 aliphatic carbocycles. The minimum Gasteiger partial charge on any atom is -0.506 e. The Morgan fingerprint density at radius 3 is 1.54 bits per heavy atom. The lowest BCUT2D eigenvalue weighted by atomic mass is 10.3. The van der Waals surface area contributed by atoms with E-state index in [1.54, 1.807) is 36.4 Å². The van der Waals surface area contributed by atoms with Crippen molar-refractivity contribution in [3.63, 3.8) is 0 Å². The number of phenols is 2. The minimum atomic E-state index is -4.93. The molecule has 10 heteroatoms. The molecule has 0 heterocycles. The van der Waals surface area contributed by atoms with Crippen LogP contribution in [0.25, 0.3) is 0 Å². The quantitative estimate of drug-likeness (QED) is 0.547. The van der Waals surface area contributed by atoms with Gasteiger partial charge in [0.05, 0.1) is 0 Å². The predicted molar refractivity (Wildman–Crippen MR) is 99.8 cm³/mol. The molecule has 0 radical (unpaired) electrons. The van der Waals surface area contributed by atoms with Crippen molar-refractivity contribution in [3.8, 4) is 23.0 Å². The first-order valence-electron chi connectivity index (χ1n) is 7.86. The maximum atomic E-state index is 13.2. The van der Waals surface area contributed by atoms with E-state index in [0.29, 0.717) is 0 Å². The molecule has 0 saturated carbocycles. The molecule has 28 heavy (non-hydrogen) atoms. The number of para-hydroxylation sites is 2. The highest BCUT2D eigenvalue weighted by atomic mass is 32.2. The third-order valence-electron chi connectivity index (χ3n) is 3.33. The summed E-state index contributed by atoms with van der Waals surface area (Å²) in [6.07, 6.45) is 0. The van der Waals surface area contributed by atoms with E-state index in [2.05, 4.69) is 0 Å². The fraction of sp³-hybridized carbons (Fsp3) is 0. The second-order valence-electron chi connectivity index (χ2n) is 5.41. The molecule has 0 amide bonds. The largest absolute Gasteiger partial charge is 0.603 e. The number of hydrogen-bond acceptors (Lipinski definition) is 8. The Balaban J connectivity index is 2.00. The molecule has 2 N–H and O–H groups in total. The molecule has 8 nitrogen and oxygen atoms in total. The van der Waals surface area contributed by atoms with Gasteiger partial charge in [-0.2, -0.15) is 8.42 Å². The highest BCUT2D eigenvalue weighted by molar-refractivity contribution is 7.91. The van der Waals surface area contributed by atoms with Crippen molar-refractivity contribution < 1.29 is 36.2 Å². The smallest absolute Gasteiger partial charge is 0.506 e. The van der Waals surface area contributed by atoms with Gasteiger partial charge in [-0.3, -0.25) is 0 Å². The van der Waals surface area contributed by atoms with Gasteiger partial charge in [-0.05, 0) is 36.4 Å². The van der Waals surface area contributed by atoms with Crippen LogP contribution < -0.4 is 9.05 Å². The SMILES string of the molecule is O=P(Oc1ccccc1)(Oc1ccccc1)OS(=O)(=O)c1c(O)cccc1O. The van der Waals surface area contributed by atoms with E-state index in [1.807, 2.05) is 0 Å². The third-order valence-corrected chi connectivity index (χ3v) is 6.64. The van der Waals surface area contributed by atoms with E-state index in [9.17, 15) is 23.2 Å². The van der Waals surface area contributed by atoms with Gasteiger partial charge in [-0.25, -0.2) is 4.57 Å². The molecule has 0 aliphatic heterocycles. The molecular weight excluding hydrogens is 407 g/mol. The number of benzene rings is 3. The summed E-state index contributed by atoms with van der Waals surface area (Å²) in [5, 5.41) is 19.6. The molecule has 0 fully saturated rings. The van der Waals surface area contributed by atoms with Crippen LogP contribution in [0.3, 0.4) is 0 Å². The summed E-state index contributed by atoms with van der Waals surface area (Å²) >= 11 is 0. The highest BCUT2D eigenvalue weighted by Gasteiger charge is 2.40. The Labute approximate surface area is 161 Å². The molecule has 0 aromatic heterocycles. The topological polar surface area (TPSA) is 119 Å². The number of phenolic OH excluding ortho intramolecular Hbond substituents is 2. The lowest BCUT2D eigenvalue weighted by Gasteiger charge is -2.19. The van der Waals surface area contributed by atoms with Crippen LogP contribution in [0.5, 0.6) is 23.0 Å². The molecule has 0 aliphatic rings. The Hall–Kier alpha value is -3.00. The maximum Gasteiger partial charge on any atom is 0.603 e. The molecular formula is C18H15O8PS. The van der Waals surface area contributed by atoms with Gasteiger partial charge in [-0.1, -0.05) is 42.5 Å². The zero-order valence-electron chi connectivity index (χ0n) is 14.2. The second kappa shape index (κ2) is 7.93. The van der Waals surface area contributed by atoms with Gasteiger partial charge in [0.15, 0.2) is 4.90 Å². The van der Waals surface area contributed by atoms with Gasteiger partial charge >= 0.3 is 17.9 Å². The molecule has 3 aromatic carbocycles. The first-order valence-corrected chi connectivity index (χ1v) is 10.7. The van der Waals surface area contributed by atoms with Gasteiger partial charge in [0, 0.05) is 0 Å². The van der Waals surface area contributed by atoms with E-state index >= 15 is 0 Å². The van der Waals surface area contributed by atoms with Crippen LogP contribution in [0.2, 0.25) is 0 Å². The highest BCUT2D eigenvalue weighted by Crippen LogP contribution is 2.53. The maximum absolute atomic E-state index is 13.2. The van der Waals surface area contributed by atoms with Crippen molar-refractivity contribution in [2.45, 2.75) is 4.90 Å². The Morgan fingerprint density at radius 1 is 0.679 bits per heavy atom. The molecule has 146 valence electrons. The predicted octanol–water partition coefficient (Wildman–Crippen LogP) is 4.07. The standard InChI is InChI=1S/C18H15O8PS/c19-16-12-7-13-17(20)18(16)28(22,23)26-27(21,24-14-8-3-1-4-9-14)25-15-10-5-2-6-11-15/h1-13,19-20H. The van der Waals surface area contributed by atoms with Gasteiger partial charge in [-0.15, -0.1) is 3.97 Å². The molecule has 0 saturated heterocycles. The van der Waals surface area contributed by atoms with Crippen LogP contribution in [0.15, 0.2) is 83.8 Å². The molecule has 3 rings (SSSR count). The molecule has 0 atom stereocenters. The summed E-state index contributed by atoms with van der Waals surface area (Å²) in [5.74, 6) is -1.52. The second-order valence-corrected chi connectivity index (χ2v) is 8.58. The monoisotopic (exact) mass is 422 g/mol. The van der Waals surface area contributed by atoms with Crippen LogP contribution in [-0.4, -0.2) is 18.6 Å². The number of phosphoric ester groups is 1. The molecule has 0 bridgehead atoms. The van der Waals surface area contributed by atoms with Crippen molar-refractivity contribution in [2.24, 2.45) is 0 Å². The van der Waals surface area contributed by atoms with E-state index in [1.165, 1.54) is 30.3 Å².